The van der Waals surface area contributed by atoms with E-state index in [1.165, 1.54) is 0 Å². The Labute approximate surface area is 76.6 Å². The number of halogens is 2. The Kier molecular flexibility index (Phi) is 1.86. The van der Waals surface area contributed by atoms with E-state index in [0.717, 1.165) is 12.0 Å². The van der Waals surface area contributed by atoms with Crippen molar-refractivity contribution in [1.29, 1.82) is 0 Å². The number of benzene rings is 1. The van der Waals surface area contributed by atoms with E-state index in [4.69, 9.17) is 0 Å². The van der Waals surface area contributed by atoms with Gasteiger partial charge in [-0.15, -0.1) is 0 Å². The van der Waals surface area contributed by atoms with E-state index < -0.39 is 11.6 Å². The van der Waals surface area contributed by atoms with Crippen LogP contribution < -0.4 is 0 Å². The zero-order valence-electron chi connectivity index (χ0n) is 7.82. The average molecular weight is 182 g/mol. The standard InChI is InChI=1S/C11H12F2/c1-6(2)9-5-7-3-4-8(7)10(12)11(9)13/h5-6H,3-4H2,1-2H3. The van der Waals surface area contributed by atoms with Gasteiger partial charge in [0.15, 0.2) is 11.6 Å². The molecule has 0 fully saturated rings. The first-order valence-electron chi connectivity index (χ1n) is 4.61. The molecule has 0 saturated heterocycles. The number of rotatable bonds is 1. The summed E-state index contributed by atoms with van der Waals surface area (Å²) in [5, 5.41) is 0. The van der Waals surface area contributed by atoms with Crippen molar-refractivity contribution >= 4 is 0 Å². The molecule has 0 aliphatic heterocycles. The van der Waals surface area contributed by atoms with Gasteiger partial charge in [0, 0.05) is 0 Å². The molecule has 0 nitrogen and oxygen atoms in total. The van der Waals surface area contributed by atoms with Crippen LogP contribution in [0.4, 0.5) is 8.78 Å². The summed E-state index contributed by atoms with van der Waals surface area (Å²) >= 11 is 0. The summed E-state index contributed by atoms with van der Waals surface area (Å²) in [6, 6.07) is 1.81. The SMILES string of the molecule is CC(C)c1cc2c(c(F)c1F)CC2. The van der Waals surface area contributed by atoms with Crippen molar-refractivity contribution < 1.29 is 8.78 Å². The van der Waals surface area contributed by atoms with Gasteiger partial charge in [0.05, 0.1) is 0 Å². The molecular weight excluding hydrogens is 170 g/mol. The summed E-state index contributed by atoms with van der Waals surface area (Å²) in [6.45, 7) is 3.76. The Bertz CT molecular complexity index is 354. The molecule has 1 aromatic rings. The highest BCUT2D eigenvalue weighted by molar-refractivity contribution is 5.41. The molecule has 0 atom stereocenters. The molecular formula is C11H12F2. The van der Waals surface area contributed by atoms with Gasteiger partial charge >= 0.3 is 0 Å². The maximum Gasteiger partial charge on any atom is 0.162 e. The highest BCUT2D eigenvalue weighted by Crippen LogP contribution is 2.32. The van der Waals surface area contributed by atoms with E-state index in [0.29, 0.717) is 17.5 Å². The van der Waals surface area contributed by atoms with E-state index in [1.54, 1.807) is 0 Å². The fraction of sp³-hybridized carbons (Fsp3) is 0.455. The molecule has 1 aliphatic carbocycles. The third kappa shape index (κ3) is 1.16. The summed E-state index contributed by atoms with van der Waals surface area (Å²) in [7, 11) is 0. The Morgan fingerprint density at radius 3 is 2.31 bits per heavy atom. The van der Waals surface area contributed by atoms with Crippen LogP contribution in [-0.2, 0) is 12.8 Å². The van der Waals surface area contributed by atoms with Crippen LogP contribution in [0.1, 0.15) is 36.5 Å². The highest BCUT2D eigenvalue weighted by Gasteiger charge is 2.24. The van der Waals surface area contributed by atoms with Crippen molar-refractivity contribution in [1.82, 2.24) is 0 Å². The number of fused-ring (bicyclic) bond motifs is 1. The van der Waals surface area contributed by atoms with Gasteiger partial charge in [-0.2, -0.15) is 0 Å². The normalized spacial score (nSPS) is 14.2. The van der Waals surface area contributed by atoms with E-state index >= 15 is 0 Å². The molecule has 2 rings (SSSR count). The molecule has 0 bridgehead atoms. The van der Waals surface area contributed by atoms with Gasteiger partial charge in [-0.05, 0) is 35.4 Å². The lowest BCUT2D eigenvalue weighted by Crippen LogP contribution is -2.15. The molecule has 1 aliphatic rings. The second-order valence-electron chi connectivity index (χ2n) is 3.89. The molecule has 0 aromatic heterocycles. The molecule has 0 heterocycles. The van der Waals surface area contributed by atoms with Crippen LogP contribution in [0.5, 0.6) is 0 Å². The van der Waals surface area contributed by atoms with Gasteiger partial charge in [-0.25, -0.2) is 8.78 Å². The largest absolute Gasteiger partial charge is 0.203 e. The number of hydrogen-bond acceptors (Lipinski definition) is 0. The van der Waals surface area contributed by atoms with Crippen LogP contribution in [0.2, 0.25) is 0 Å². The maximum atomic E-state index is 13.4. The van der Waals surface area contributed by atoms with E-state index in [-0.39, 0.29) is 5.92 Å². The highest BCUT2D eigenvalue weighted by atomic mass is 19.2. The van der Waals surface area contributed by atoms with E-state index in [2.05, 4.69) is 0 Å². The fourth-order valence-corrected chi connectivity index (χ4v) is 1.73. The van der Waals surface area contributed by atoms with Gasteiger partial charge in [-0.1, -0.05) is 19.9 Å². The third-order valence-corrected chi connectivity index (χ3v) is 2.69. The lowest BCUT2D eigenvalue weighted by molar-refractivity contribution is 0.474. The van der Waals surface area contributed by atoms with Crippen LogP contribution in [-0.4, -0.2) is 0 Å². The molecule has 2 heteroatoms. The van der Waals surface area contributed by atoms with Crippen LogP contribution in [0.15, 0.2) is 6.07 Å². The van der Waals surface area contributed by atoms with Crippen LogP contribution in [0, 0.1) is 11.6 Å². The first-order valence-corrected chi connectivity index (χ1v) is 4.61. The summed E-state index contributed by atoms with van der Waals surface area (Å²) in [6.07, 6.45) is 1.59. The van der Waals surface area contributed by atoms with Gasteiger partial charge < -0.3 is 0 Å². The van der Waals surface area contributed by atoms with Gasteiger partial charge in [0.2, 0.25) is 0 Å². The van der Waals surface area contributed by atoms with Crippen LogP contribution in [0.25, 0.3) is 0 Å². The fourth-order valence-electron chi connectivity index (χ4n) is 1.73. The molecule has 13 heavy (non-hydrogen) atoms. The summed E-state index contributed by atoms with van der Waals surface area (Å²) in [5.74, 6) is -1.21. The smallest absolute Gasteiger partial charge is 0.162 e. The Balaban J connectivity index is 2.60. The molecule has 1 aromatic carbocycles. The predicted octanol–water partition coefficient (Wildman–Crippen LogP) is 3.19. The summed E-state index contributed by atoms with van der Waals surface area (Å²) < 4.78 is 26.6. The van der Waals surface area contributed by atoms with Crippen LogP contribution >= 0.6 is 0 Å². The van der Waals surface area contributed by atoms with Crippen molar-refractivity contribution in [3.8, 4) is 0 Å². The minimum absolute atomic E-state index is 0.0559. The molecule has 0 radical (unpaired) electrons. The monoisotopic (exact) mass is 182 g/mol. The Morgan fingerprint density at radius 2 is 1.85 bits per heavy atom. The zero-order chi connectivity index (χ0) is 9.59. The van der Waals surface area contributed by atoms with Gasteiger partial charge in [-0.3, -0.25) is 0 Å². The predicted molar refractivity (Wildman–Crippen MR) is 47.9 cm³/mol. The van der Waals surface area contributed by atoms with Gasteiger partial charge in [0.1, 0.15) is 0 Å². The summed E-state index contributed by atoms with van der Waals surface area (Å²) in [4.78, 5) is 0. The molecule has 0 unspecified atom stereocenters. The maximum absolute atomic E-state index is 13.4. The lowest BCUT2D eigenvalue weighted by Gasteiger charge is -2.22. The molecule has 70 valence electrons. The first kappa shape index (κ1) is 8.67. The van der Waals surface area contributed by atoms with Crippen molar-refractivity contribution in [2.75, 3.05) is 0 Å². The molecule has 0 spiro atoms. The van der Waals surface area contributed by atoms with E-state index in [9.17, 15) is 8.78 Å². The number of aryl methyl sites for hydroxylation is 1. The second kappa shape index (κ2) is 2.79. The minimum atomic E-state index is -0.645. The first-order chi connectivity index (χ1) is 6.11. The van der Waals surface area contributed by atoms with Crippen LogP contribution in [0.3, 0.4) is 0 Å². The van der Waals surface area contributed by atoms with Crippen molar-refractivity contribution in [2.24, 2.45) is 0 Å². The average Bonchev–Trinajstić information content (AvgIpc) is 1.99. The minimum Gasteiger partial charge on any atom is -0.203 e. The summed E-state index contributed by atoms with van der Waals surface area (Å²) in [5.41, 5.74) is 2.08. The third-order valence-electron chi connectivity index (χ3n) is 2.69. The second-order valence-corrected chi connectivity index (χ2v) is 3.89. The molecule has 0 N–H and O–H groups in total. The number of hydrogen-bond donors (Lipinski definition) is 0. The Morgan fingerprint density at radius 1 is 1.15 bits per heavy atom. The molecule has 0 amide bonds. The quantitative estimate of drug-likeness (QED) is 0.625. The Hall–Kier alpha value is -0.920. The van der Waals surface area contributed by atoms with E-state index in [1.807, 2.05) is 19.9 Å². The topological polar surface area (TPSA) is 0 Å². The molecule has 0 saturated carbocycles. The lowest BCUT2D eigenvalue weighted by atomic mass is 9.84. The van der Waals surface area contributed by atoms with Crippen molar-refractivity contribution in [3.63, 3.8) is 0 Å². The zero-order valence-corrected chi connectivity index (χ0v) is 7.82. The van der Waals surface area contributed by atoms with Crippen molar-refractivity contribution in [2.45, 2.75) is 32.6 Å². The van der Waals surface area contributed by atoms with Crippen molar-refractivity contribution in [3.05, 3.63) is 34.4 Å². The van der Waals surface area contributed by atoms with Gasteiger partial charge in [0.25, 0.3) is 0 Å².